The number of para-hydroxylation sites is 1. The summed E-state index contributed by atoms with van der Waals surface area (Å²) in [5.74, 6) is 0.712. The summed E-state index contributed by atoms with van der Waals surface area (Å²) in [7, 11) is 0. The number of hydrogen-bond acceptors (Lipinski definition) is 2. The van der Waals surface area contributed by atoms with Gasteiger partial charge in [0.1, 0.15) is 0 Å². The van der Waals surface area contributed by atoms with Gasteiger partial charge in [-0.15, -0.1) is 0 Å². The van der Waals surface area contributed by atoms with Crippen LogP contribution in [0.15, 0.2) is 200 Å². The largest absolute Gasteiger partial charge is 0.309 e. The average Bonchev–Trinajstić information content (AvgIpc) is 3.96. The maximum absolute atomic E-state index is 5.39. The normalized spacial score (nSPS) is 13.8. The molecule has 0 fully saturated rings. The van der Waals surface area contributed by atoms with E-state index in [1.807, 2.05) is 0 Å². The second-order valence-corrected chi connectivity index (χ2v) is 18.1. The Hall–Kier alpha value is -8.14. The van der Waals surface area contributed by atoms with Gasteiger partial charge in [-0.3, -0.25) is 0 Å². The molecule has 10 aromatic carbocycles. The van der Waals surface area contributed by atoms with Crippen molar-refractivity contribution in [1.82, 2.24) is 14.5 Å². The van der Waals surface area contributed by atoms with E-state index in [4.69, 9.17) is 9.97 Å². The molecule has 14 rings (SSSR count). The number of rotatable bonds is 4. The first-order chi connectivity index (χ1) is 31.5. The highest BCUT2D eigenvalue weighted by Gasteiger charge is 2.43. The Bertz CT molecular complexity index is 4010. The topological polar surface area (TPSA) is 30.7 Å². The number of allylic oxidation sites excluding steroid dienone is 1. The molecule has 2 aromatic heterocycles. The fourth-order valence-electron chi connectivity index (χ4n) is 11.5. The van der Waals surface area contributed by atoms with Crippen LogP contribution in [0.1, 0.15) is 36.1 Å². The molecule has 0 atom stereocenters. The summed E-state index contributed by atoms with van der Waals surface area (Å²) in [4.78, 5) is 10.8. The Morgan fingerprint density at radius 3 is 1.83 bits per heavy atom. The van der Waals surface area contributed by atoms with Gasteiger partial charge in [0.15, 0.2) is 5.82 Å². The first-order valence-electron chi connectivity index (χ1n) is 22.2. The van der Waals surface area contributed by atoms with Crippen molar-refractivity contribution in [3.8, 4) is 39.5 Å². The van der Waals surface area contributed by atoms with Crippen molar-refractivity contribution >= 4 is 76.2 Å². The molecule has 2 heterocycles. The van der Waals surface area contributed by atoms with E-state index in [1.165, 1.54) is 87.9 Å². The van der Waals surface area contributed by atoms with Crippen LogP contribution in [-0.2, 0) is 5.41 Å². The fourth-order valence-corrected chi connectivity index (χ4v) is 11.5. The predicted molar refractivity (Wildman–Crippen MR) is 268 cm³/mol. The van der Waals surface area contributed by atoms with Crippen LogP contribution in [0.4, 0.5) is 0 Å². The fraction of sp³-hybridized carbons (Fsp3) is 0.0492. The molecule has 0 amide bonds. The van der Waals surface area contributed by atoms with Crippen LogP contribution in [0, 0.1) is 0 Å². The van der Waals surface area contributed by atoms with E-state index in [0.29, 0.717) is 5.82 Å². The van der Waals surface area contributed by atoms with E-state index in [1.54, 1.807) is 0 Å². The number of fused-ring (bicyclic) bond motifs is 13. The molecule has 12 aromatic rings. The molecule has 0 aliphatic heterocycles. The monoisotopic (exact) mass is 813 g/mol. The van der Waals surface area contributed by atoms with Crippen molar-refractivity contribution in [2.24, 2.45) is 0 Å². The maximum atomic E-state index is 5.39. The Morgan fingerprint density at radius 1 is 0.406 bits per heavy atom. The predicted octanol–water partition coefficient (Wildman–Crippen LogP) is 15.8. The third-order valence-electron chi connectivity index (χ3n) is 14.3. The minimum absolute atomic E-state index is 0.0860. The van der Waals surface area contributed by atoms with E-state index in [9.17, 15) is 0 Å². The first kappa shape index (κ1) is 35.5. The van der Waals surface area contributed by atoms with Gasteiger partial charge < -0.3 is 4.57 Å². The third-order valence-corrected chi connectivity index (χ3v) is 14.3. The zero-order chi connectivity index (χ0) is 42.3. The Balaban J connectivity index is 0.895. The molecule has 64 heavy (non-hydrogen) atoms. The summed E-state index contributed by atoms with van der Waals surface area (Å²) in [6.45, 7) is 4.79. The lowest BCUT2D eigenvalue weighted by Gasteiger charge is -2.25. The zero-order valence-corrected chi connectivity index (χ0v) is 35.4. The SMILES string of the molecule is CC1(C)C2=C(c3cc(-c4ccc5c(c4)c4ccccc4n5-c4ccc(-c5nc(-c6ccccc6)c6c7ccccc7c7ccccc7c6n5)cc4)ccc31)c1cccc3cccc2c13. The van der Waals surface area contributed by atoms with Gasteiger partial charge in [0.25, 0.3) is 0 Å². The maximum Gasteiger partial charge on any atom is 0.160 e. The minimum Gasteiger partial charge on any atom is -0.309 e. The van der Waals surface area contributed by atoms with Gasteiger partial charge in [-0.1, -0.05) is 166 Å². The number of nitrogens with zero attached hydrogens (tertiary/aromatic N) is 3. The smallest absolute Gasteiger partial charge is 0.160 e. The van der Waals surface area contributed by atoms with Gasteiger partial charge in [-0.05, 0) is 120 Å². The van der Waals surface area contributed by atoms with E-state index < -0.39 is 0 Å². The molecule has 2 aliphatic carbocycles. The molecule has 298 valence electrons. The average molecular weight is 814 g/mol. The molecule has 2 aliphatic rings. The Labute approximate surface area is 370 Å². The summed E-state index contributed by atoms with van der Waals surface area (Å²) in [5.41, 5.74) is 18.2. The lowest BCUT2D eigenvalue weighted by atomic mass is 9.78. The summed E-state index contributed by atoms with van der Waals surface area (Å²) < 4.78 is 2.40. The van der Waals surface area contributed by atoms with Gasteiger partial charge in [0.2, 0.25) is 0 Å². The molecule has 0 spiro atoms. The minimum atomic E-state index is -0.0860. The molecule has 0 saturated carbocycles. The van der Waals surface area contributed by atoms with Crippen molar-refractivity contribution in [2.75, 3.05) is 0 Å². The van der Waals surface area contributed by atoms with Crippen LogP contribution in [0.25, 0.3) is 116 Å². The van der Waals surface area contributed by atoms with Crippen LogP contribution in [-0.4, -0.2) is 14.5 Å². The van der Waals surface area contributed by atoms with Gasteiger partial charge in [0, 0.05) is 43.8 Å². The Kier molecular flexibility index (Phi) is 7.17. The molecule has 0 N–H and O–H groups in total. The molecule has 3 nitrogen and oxygen atoms in total. The molecule has 0 radical (unpaired) electrons. The molecular formula is C61H39N3. The quantitative estimate of drug-likeness (QED) is 0.166. The van der Waals surface area contributed by atoms with Crippen LogP contribution >= 0.6 is 0 Å². The van der Waals surface area contributed by atoms with E-state index in [0.717, 1.165) is 44.2 Å². The van der Waals surface area contributed by atoms with Crippen molar-refractivity contribution in [1.29, 1.82) is 0 Å². The highest BCUT2D eigenvalue weighted by Crippen LogP contribution is 2.59. The summed E-state index contributed by atoms with van der Waals surface area (Å²) in [6.07, 6.45) is 0. The summed E-state index contributed by atoms with van der Waals surface area (Å²) in [5, 5.41) is 11.0. The van der Waals surface area contributed by atoms with Crippen molar-refractivity contribution in [3.63, 3.8) is 0 Å². The van der Waals surface area contributed by atoms with Gasteiger partial charge in [-0.25, -0.2) is 9.97 Å². The van der Waals surface area contributed by atoms with Gasteiger partial charge in [0.05, 0.1) is 22.2 Å². The zero-order valence-electron chi connectivity index (χ0n) is 35.4. The number of aromatic nitrogens is 3. The summed E-state index contributed by atoms with van der Waals surface area (Å²) in [6, 6.07) is 73.1. The van der Waals surface area contributed by atoms with Gasteiger partial charge >= 0.3 is 0 Å². The second-order valence-electron chi connectivity index (χ2n) is 18.1. The van der Waals surface area contributed by atoms with Crippen LogP contribution in [0.5, 0.6) is 0 Å². The third kappa shape index (κ3) is 4.81. The van der Waals surface area contributed by atoms with Crippen LogP contribution in [0.3, 0.4) is 0 Å². The lowest BCUT2D eigenvalue weighted by molar-refractivity contribution is 0.705. The van der Waals surface area contributed by atoms with Crippen molar-refractivity contribution in [3.05, 3.63) is 222 Å². The Morgan fingerprint density at radius 2 is 1.03 bits per heavy atom. The molecule has 0 bridgehead atoms. The van der Waals surface area contributed by atoms with E-state index in [2.05, 4.69) is 219 Å². The second kappa shape index (κ2) is 12.9. The van der Waals surface area contributed by atoms with E-state index in [-0.39, 0.29) is 5.41 Å². The molecule has 0 unspecified atom stereocenters. The van der Waals surface area contributed by atoms with Crippen LogP contribution < -0.4 is 0 Å². The first-order valence-corrected chi connectivity index (χ1v) is 22.2. The molecule has 0 saturated heterocycles. The number of hydrogen-bond donors (Lipinski definition) is 0. The highest BCUT2D eigenvalue weighted by molar-refractivity contribution is 6.27. The van der Waals surface area contributed by atoms with Gasteiger partial charge in [-0.2, -0.15) is 0 Å². The van der Waals surface area contributed by atoms with Crippen LogP contribution in [0.2, 0.25) is 0 Å². The number of benzene rings is 10. The molecule has 3 heteroatoms. The standard InChI is InChI=1S/C61H39N3/c1-61(2)51-32-28-39(35-50(51)55-47-23-12-16-36-17-13-24-48(54(36)47)57(55)61)40-29-33-53-49(34-40)44-20-10-11-25-52(44)64(53)41-30-26-38(27-31-41)60-62-58(37-14-4-3-5-15-37)56-45-21-8-6-18-42(45)43-19-7-9-22-46(43)59(56)63-60/h3-35H,1-2H3. The van der Waals surface area contributed by atoms with E-state index >= 15 is 0 Å². The lowest BCUT2D eigenvalue weighted by Crippen LogP contribution is -2.16. The van der Waals surface area contributed by atoms with Crippen molar-refractivity contribution < 1.29 is 0 Å². The summed E-state index contributed by atoms with van der Waals surface area (Å²) >= 11 is 0. The molecular weight excluding hydrogens is 775 g/mol. The van der Waals surface area contributed by atoms with Crippen molar-refractivity contribution in [2.45, 2.75) is 19.3 Å². The highest BCUT2D eigenvalue weighted by atomic mass is 15.0.